The standard InChI is InChI=1S/C32H33N5S/c1-22(26-17-24(19-33-20-26)7-6-15-37-13-3-4-14-37)10-11-29-23(2)32(36-35-29)31-18-28-27(25-12-16-38-21-25)8-5-9-30(28)34-31/h5,8-12,16-21,34-35H,2-4,6-7,13-15H2,1H3/b22-10+,29-11+. The molecule has 1 saturated heterocycles. The van der Waals surface area contributed by atoms with E-state index in [-0.39, 0.29) is 0 Å². The number of hydrogen-bond donors (Lipinski definition) is 2. The van der Waals surface area contributed by atoms with Crippen molar-refractivity contribution in [3.8, 4) is 22.5 Å². The summed E-state index contributed by atoms with van der Waals surface area (Å²) in [6, 6.07) is 13.0. The predicted molar refractivity (Wildman–Crippen MR) is 160 cm³/mol. The van der Waals surface area contributed by atoms with Crippen LogP contribution in [0.4, 0.5) is 0 Å². The van der Waals surface area contributed by atoms with Gasteiger partial charge in [0.15, 0.2) is 0 Å². The van der Waals surface area contributed by atoms with Gasteiger partial charge in [-0.2, -0.15) is 16.4 Å². The highest BCUT2D eigenvalue weighted by Gasteiger charge is 2.12. The summed E-state index contributed by atoms with van der Waals surface area (Å²) in [4.78, 5) is 10.6. The lowest BCUT2D eigenvalue weighted by molar-refractivity contribution is 0.334. The van der Waals surface area contributed by atoms with Crippen LogP contribution >= 0.6 is 11.3 Å². The zero-order chi connectivity index (χ0) is 25.9. The van der Waals surface area contributed by atoms with Crippen LogP contribution in [0.5, 0.6) is 0 Å². The average molecular weight is 520 g/mol. The van der Waals surface area contributed by atoms with Crippen LogP contribution in [0.3, 0.4) is 0 Å². The molecule has 5 heterocycles. The van der Waals surface area contributed by atoms with Crippen molar-refractivity contribution in [1.82, 2.24) is 25.1 Å². The Hall–Kier alpha value is -3.74. The highest BCUT2D eigenvalue weighted by atomic mass is 32.1. The van der Waals surface area contributed by atoms with E-state index < -0.39 is 0 Å². The molecule has 6 heteroatoms. The van der Waals surface area contributed by atoms with E-state index in [0.717, 1.165) is 39.5 Å². The molecule has 0 aliphatic carbocycles. The minimum atomic E-state index is 0.844. The van der Waals surface area contributed by atoms with E-state index in [4.69, 9.17) is 0 Å². The van der Waals surface area contributed by atoms with Crippen LogP contribution in [-0.4, -0.2) is 44.7 Å². The number of allylic oxidation sites excluding steroid dienone is 2. The van der Waals surface area contributed by atoms with E-state index in [2.05, 4.69) is 97.9 Å². The fraction of sp³-hybridized carbons (Fsp3) is 0.250. The van der Waals surface area contributed by atoms with Crippen molar-refractivity contribution in [1.29, 1.82) is 0 Å². The lowest BCUT2D eigenvalue weighted by atomic mass is 10.0. The molecule has 2 N–H and O–H groups in total. The molecule has 5 aromatic rings. The fourth-order valence-corrected chi connectivity index (χ4v) is 6.00. The summed E-state index contributed by atoms with van der Waals surface area (Å²) >= 11 is 1.71. The van der Waals surface area contributed by atoms with Gasteiger partial charge in [0.1, 0.15) is 5.69 Å². The number of thiophene rings is 1. The molecule has 38 heavy (non-hydrogen) atoms. The van der Waals surface area contributed by atoms with E-state index in [1.807, 2.05) is 12.4 Å². The van der Waals surface area contributed by atoms with Crippen LogP contribution in [0.2, 0.25) is 0 Å². The van der Waals surface area contributed by atoms with E-state index in [1.54, 1.807) is 11.3 Å². The Labute approximate surface area is 227 Å². The third-order valence-electron chi connectivity index (χ3n) is 7.54. The number of benzene rings is 1. The summed E-state index contributed by atoms with van der Waals surface area (Å²) in [5.74, 6) is 0. The van der Waals surface area contributed by atoms with E-state index in [1.165, 1.54) is 66.5 Å². The summed E-state index contributed by atoms with van der Waals surface area (Å²) in [5, 5.41) is 15.1. The Morgan fingerprint density at radius 1 is 1.16 bits per heavy atom. The van der Waals surface area contributed by atoms with Gasteiger partial charge in [-0.3, -0.25) is 10.1 Å². The topological polar surface area (TPSA) is 60.6 Å². The van der Waals surface area contributed by atoms with Crippen molar-refractivity contribution in [3.05, 3.63) is 87.3 Å². The molecule has 0 spiro atoms. The maximum absolute atomic E-state index is 4.61. The van der Waals surface area contributed by atoms with Gasteiger partial charge in [0.2, 0.25) is 0 Å². The molecule has 0 unspecified atom stereocenters. The molecule has 192 valence electrons. The Bertz CT molecular complexity index is 1680. The van der Waals surface area contributed by atoms with Crippen molar-refractivity contribution in [2.24, 2.45) is 0 Å². The van der Waals surface area contributed by atoms with Gasteiger partial charge in [0.05, 0.1) is 11.0 Å². The number of likely N-dealkylation sites (tertiary alicyclic amines) is 1. The molecule has 1 aliphatic heterocycles. The minimum absolute atomic E-state index is 0.844. The number of H-pyrrole nitrogens is 2. The van der Waals surface area contributed by atoms with Crippen molar-refractivity contribution < 1.29 is 0 Å². The zero-order valence-corrected chi connectivity index (χ0v) is 22.7. The lowest BCUT2D eigenvalue weighted by Crippen LogP contribution is -2.21. The Kier molecular flexibility index (Phi) is 7.08. The number of aryl methyl sites for hydroxylation is 1. The molecular weight excluding hydrogens is 486 g/mol. The van der Waals surface area contributed by atoms with Crippen molar-refractivity contribution in [2.45, 2.75) is 32.6 Å². The smallest absolute Gasteiger partial charge is 0.116 e. The molecular formula is C32H33N5S. The third kappa shape index (κ3) is 5.15. The fourth-order valence-electron chi connectivity index (χ4n) is 5.35. The van der Waals surface area contributed by atoms with Crippen LogP contribution in [0.25, 0.3) is 51.6 Å². The molecule has 0 saturated carbocycles. The van der Waals surface area contributed by atoms with Crippen LogP contribution in [0.15, 0.2) is 65.6 Å². The van der Waals surface area contributed by atoms with E-state index in [9.17, 15) is 0 Å². The molecule has 4 aromatic heterocycles. The number of hydrogen-bond acceptors (Lipinski definition) is 4. The third-order valence-corrected chi connectivity index (χ3v) is 8.22. The van der Waals surface area contributed by atoms with Gasteiger partial charge in [0.25, 0.3) is 0 Å². The number of aromatic amines is 2. The first kappa shape index (κ1) is 24.6. The Morgan fingerprint density at radius 2 is 2.05 bits per heavy atom. The van der Waals surface area contributed by atoms with E-state index >= 15 is 0 Å². The maximum Gasteiger partial charge on any atom is 0.116 e. The van der Waals surface area contributed by atoms with Gasteiger partial charge < -0.3 is 9.88 Å². The number of aromatic nitrogens is 4. The first-order valence-corrected chi connectivity index (χ1v) is 14.3. The van der Waals surface area contributed by atoms with Gasteiger partial charge in [-0.15, -0.1) is 0 Å². The second kappa shape index (κ2) is 10.9. The van der Waals surface area contributed by atoms with Gasteiger partial charge in [-0.05, 0) is 121 Å². The average Bonchev–Trinajstić information content (AvgIpc) is 3.75. The number of nitrogens with one attached hydrogen (secondary N) is 2. The molecule has 1 fully saturated rings. The number of pyridine rings is 1. The first-order chi connectivity index (χ1) is 18.7. The summed E-state index contributed by atoms with van der Waals surface area (Å²) in [5.41, 5.74) is 9.00. The zero-order valence-electron chi connectivity index (χ0n) is 21.8. The van der Waals surface area contributed by atoms with Gasteiger partial charge in [-0.1, -0.05) is 24.8 Å². The molecule has 1 aromatic carbocycles. The maximum atomic E-state index is 4.61. The van der Waals surface area contributed by atoms with Crippen LogP contribution in [-0.2, 0) is 6.42 Å². The number of nitrogens with zero attached hydrogens (tertiary/aromatic N) is 3. The first-order valence-electron chi connectivity index (χ1n) is 13.4. The lowest BCUT2D eigenvalue weighted by Gasteiger charge is -2.14. The molecule has 0 radical (unpaired) electrons. The summed E-state index contributed by atoms with van der Waals surface area (Å²) in [6.07, 6.45) is 13.1. The summed E-state index contributed by atoms with van der Waals surface area (Å²) in [6.45, 7) is 10.2. The molecule has 1 aliphatic rings. The highest BCUT2D eigenvalue weighted by molar-refractivity contribution is 7.08. The predicted octanol–water partition coefficient (Wildman–Crippen LogP) is 6.00. The van der Waals surface area contributed by atoms with Crippen molar-refractivity contribution in [2.75, 3.05) is 19.6 Å². The minimum Gasteiger partial charge on any atom is -0.353 e. The summed E-state index contributed by atoms with van der Waals surface area (Å²) in [7, 11) is 0. The monoisotopic (exact) mass is 519 g/mol. The van der Waals surface area contributed by atoms with Gasteiger partial charge >= 0.3 is 0 Å². The number of fused-ring (bicyclic) bond motifs is 1. The van der Waals surface area contributed by atoms with Gasteiger partial charge in [0, 0.05) is 28.5 Å². The summed E-state index contributed by atoms with van der Waals surface area (Å²) < 4.78 is 0. The second-order valence-electron chi connectivity index (χ2n) is 10.2. The molecule has 0 bridgehead atoms. The van der Waals surface area contributed by atoms with Crippen molar-refractivity contribution in [3.63, 3.8) is 0 Å². The second-order valence-corrected chi connectivity index (χ2v) is 11.0. The molecule has 0 amide bonds. The highest BCUT2D eigenvalue weighted by Crippen LogP contribution is 2.32. The largest absolute Gasteiger partial charge is 0.353 e. The molecule has 0 atom stereocenters. The van der Waals surface area contributed by atoms with Crippen LogP contribution in [0, 0.1) is 0 Å². The molecule has 5 nitrogen and oxygen atoms in total. The van der Waals surface area contributed by atoms with Crippen LogP contribution < -0.4 is 10.6 Å². The SMILES string of the molecule is C=c1c(-c2cc3c(-c4ccsc4)cccc3[nH]2)n[nH]/c1=C/C=C(\C)c1cncc(CCCN2CCCC2)c1. The van der Waals surface area contributed by atoms with E-state index in [0.29, 0.717) is 0 Å². The number of rotatable bonds is 8. The quantitative estimate of drug-likeness (QED) is 0.264. The Balaban J connectivity index is 1.21. The Morgan fingerprint density at radius 3 is 2.89 bits per heavy atom. The molecule has 6 rings (SSSR count). The van der Waals surface area contributed by atoms with Crippen LogP contribution in [0.1, 0.15) is 37.3 Å². The van der Waals surface area contributed by atoms with Crippen molar-refractivity contribution >= 4 is 40.5 Å². The van der Waals surface area contributed by atoms with Gasteiger partial charge in [-0.25, -0.2) is 0 Å². The normalized spacial score (nSPS) is 15.2.